The lowest BCUT2D eigenvalue weighted by Crippen LogP contribution is -2.47. The summed E-state index contributed by atoms with van der Waals surface area (Å²) in [4.78, 5) is 9.19. The highest BCUT2D eigenvalue weighted by Crippen LogP contribution is 2.24. The highest BCUT2D eigenvalue weighted by Gasteiger charge is 2.21. The average Bonchev–Trinajstić information content (AvgIpc) is 2.67. The van der Waals surface area contributed by atoms with Crippen LogP contribution in [0.25, 0.3) is 0 Å². The molecule has 7 heteroatoms. The number of aryl methyl sites for hydroxylation is 1. The summed E-state index contributed by atoms with van der Waals surface area (Å²) in [7, 11) is -3.23. The van der Waals surface area contributed by atoms with Gasteiger partial charge in [0, 0.05) is 50.2 Å². The van der Waals surface area contributed by atoms with E-state index in [-0.39, 0.29) is 12.3 Å². The fraction of sp³-hybridized carbons (Fsp3) is 0.450. The third-order valence-corrected chi connectivity index (χ3v) is 6.39. The van der Waals surface area contributed by atoms with E-state index in [1.807, 2.05) is 19.1 Å². The zero-order valence-electron chi connectivity index (χ0n) is 16.1. The fourth-order valence-electron chi connectivity index (χ4n) is 3.46. The predicted molar refractivity (Wildman–Crippen MR) is 111 cm³/mol. The zero-order chi connectivity index (χ0) is 19.3. The summed E-state index contributed by atoms with van der Waals surface area (Å²) in [6.07, 6.45) is 2.38. The molecule has 6 nitrogen and oxygen atoms in total. The van der Waals surface area contributed by atoms with E-state index in [2.05, 4.69) is 50.7 Å². The van der Waals surface area contributed by atoms with Gasteiger partial charge in [0.05, 0.1) is 5.75 Å². The smallest absolute Gasteiger partial charge is 0.211 e. The molecule has 0 saturated carbocycles. The van der Waals surface area contributed by atoms with E-state index in [1.54, 1.807) is 6.20 Å². The number of hydrogen-bond acceptors (Lipinski definition) is 5. The van der Waals surface area contributed by atoms with Crippen molar-refractivity contribution in [3.8, 4) is 0 Å². The van der Waals surface area contributed by atoms with Crippen molar-refractivity contribution >= 4 is 21.5 Å². The number of anilines is 2. The molecule has 1 aromatic carbocycles. The molecule has 2 aromatic rings. The number of rotatable bonds is 7. The van der Waals surface area contributed by atoms with Gasteiger partial charge in [-0.3, -0.25) is 0 Å². The average molecular weight is 389 g/mol. The molecule has 2 heterocycles. The molecule has 1 N–H and O–H groups in total. The zero-order valence-corrected chi connectivity index (χ0v) is 16.9. The van der Waals surface area contributed by atoms with Crippen LogP contribution in [0.3, 0.4) is 0 Å². The Bertz CT molecular complexity index is 862. The Kier molecular flexibility index (Phi) is 6.34. The number of nitrogens with one attached hydrogen (secondary N) is 1. The first-order valence-electron chi connectivity index (χ1n) is 9.47. The number of pyridine rings is 1. The van der Waals surface area contributed by atoms with E-state index in [1.165, 1.54) is 11.3 Å². The summed E-state index contributed by atoms with van der Waals surface area (Å²) in [6.45, 7) is 7.85. The van der Waals surface area contributed by atoms with Crippen molar-refractivity contribution in [2.24, 2.45) is 0 Å². The normalized spacial score (nSPS) is 15.2. The number of hydrogen-bond donors (Lipinski definition) is 1. The van der Waals surface area contributed by atoms with Crippen molar-refractivity contribution in [1.29, 1.82) is 0 Å². The minimum absolute atomic E-state index is 0.150. The van der Waals surface area contributed by atoms with Crippen LogP contribution in [-0.2, 0) is 16.6 Å². The Morgan fingerprint density at radius 3 is 2.44 bits per heavy atom. The maximum absolute atomic E-state index is 12.0. The molecule has 3 rings (SSSR count). The Morgan fingerprint density at radius 2 is 1.74 bits per heavy atom. The van der Waals surface area contributed by atoms with Crippen molar-refractivity contribution in [1.82, 2.24) is 9.71 Å². The lowest BCUT2D eigenvalue weighted by Gasteiger charge is -2.38. The number of aromatic nitrogens is 1. The molecule has 0 aliphatic carbocycles. The van der Waals surface area contributed by atoms with Crippen molar-refractivity contribution in [2.45, 2.75) is 26.8 Å². The largest absolute Gasteiger partial charge is 0.368 e. The Morgan fingerprint density at radius 1 is 1.04 bits per heavy atom. The van der Waals surface area contributed by atoms with Crippen LogP contribution < -0.4 is 14.5 Å². The Labute approximate surface area is 162 Å². The second kappa shape index (κ2) is 8.71. The van der Waals surface area contributed by atoms with E-state index >= 15 is 0 Å². The van der Waals surface area contributed by atoms with Crippen LogP contribution in [0.15, 0.2) is 42.6 Å². The van der Waals surface area contributed by atoms with Crippen molar-refractivity contribution in [2.75, 3.05) is 41.7 Å². The summed E-state index contributed by atoms with van der Waals surface area (Å²) in [5, 5.41) is 0. The van der Waals surface area contributed by atoms with Gasteiger partial charge >= 0.3 is 0 Å². The van der Waals surface area contributed by atoms with Crippen molar-refractivity contribution in [3.63, 3.8) is 0 Å². The Balaban J connectivity index is 1.67. The van der Waals surface area contributed by atoms with Crippen LogP contribution in [-0.4, -0.2) is 45.3 Å². The van der Waals surface area contributed by atoms with Gasteiger partial charge in [0.1, 0.15) is 5.82 Å². The minimum Gasteiger partial charge on any atom is -0.368 e. The Hall–Kier alpha value is -2.12. The van der Waals surface area contributed by atoms with Gasteiger partial charge in [-0.2, -0.15) is 0 Å². The molecule has 1 aliphatic heterocycles. The summed E-state index contributed by atoms with van der Waals surface area (Å²) in [5.41, 5.74) is 3.49. The molecule has 0 spiro atoms. The molecule has 0 atom stereocenters. The van der Waals surface area contributed by atoms with Gasteiger partial charge in [0.15, 0.2) is 0 Å². The fourth-order valence-corrected chi connectivity index (χ4v) is 4.52. The third kappa shape index (κ3) is 4.99. The first kappa shape index (κ1) is 19.6. The van der Waals surface area contributed by atoms with E-state index < -0.39 is 10.0 Å². The second-order valence-corrected chi connectivity index (χ2v) is 8.81. The van der Waals surface area contributed by atoms with E-state index in [4.69, 9.17) is 0 Å². The molecule has 146 valence electrons. The van der Waals surface area contributed by atoms with Crippen LogP contribution in [0.5, 0.6) is 0 Å². The number of benzene rings is 1. The third-order valence-electron chi connectivity index (χ3n) is 4.86. The molecular formula is C20H28N4O2S. The first-order valence-corrected chi connectivity index (χ1v) is 11.1. The van der Waals surface area contributed by atoms with Gasteiger partial charge in [0.25, 0.3) is 0 Å². The molecule has 0 amide bonds. The van der Waals surface area contributed by atoms with Crippen LogP contribution >= 0.6 is 0 Å². The van der Waals surface area contributed by atoms with Gasteiger partial charge < -0.3 is 9.80 Å². The van der Waals surface area contributed by atoms with E-state index in [0.29, 0.717) is 6.42 Å². The summed E-state index contributed by atoms with van der Waals surface area (Å²) >= 11 is 0. The quantitative estimate of drug-likeness (QED) is 0.790. The van der Waals surface area contributed by atoms with Gasteiger partial charge in [-0.25, -0.2) is 18.1 Å². The molecule has 0 bridgehead atoms. The maximum Gasteiger partial charge on any atom is 0.211 e. The van der Waals surface area contributed by atoms with Crippen molar-refractivity contribution in [3.05, 3.63) is 53.7 Å². The summed E-state index contributed by atoms with van der Waals surface area (Å²) in [5.74, 6) is 1.03. The molecule has 27 heavy (non-hydrogen) atoms. The lowest BCUT2D eigenvalue weighted by molar-refractivity contribution is 0.579. The van der Waals surface area contributed by atoms with Crippen molar-refractivity contribution < 1.29 is 8.42 Å². The van der Waals surface area contributed by atoms with Gasteiger partial charge in [-0.05, 0) is 31.0 Å². The topological polar surface area (TPSA) is 65.5 Å². The first-order chi connectivity index (χ1) is 13.0. The standard InChI is InChI=1S/C20H28N4O2S/c1-3-15-27(25,26)22-16-18-8-6-10-21-20(18)24-13-11-23(12-14-24)19-9-5-4-7-17(19)2/h4-10,22H,3,11-16H2,1-2H3. The molecule has 0 radical (unpaired) electrons. The molecule has 1 fully saturated rings. The maximum atomic E-state index is 12.0. The number of nitrogens with zero attached hydrogens (tertiary/aromatic N) is 3. The molecular weight excluding hydrogens is 360 g/mol. The van der Waals surface area contributed by atoms with Gasteiger partial charge in [-0.1, -0.05) is 31.2 Å². The summed E-state index contributed by atoms with van der Waals surface area (Å²) in [6, 6.07) is 12.3. The lowest BCUT2D eigenvalue weighted by atomic mass is 10.1. The molecule has 1 saturated heterocycles. The monoisotopic (exact) mass is 388 g/mol. The van der Waals surface area contributed by atoms with Gasteiger partial charge in [0.2, 0.25) is 10.0 Å². The number of para-hydroxylation sites is 1. The molecule has 0 unspecified atom stereocenters. The minimum atomic E-state index is -3.23. The molecule has 1 aromatic heterocycles. The van der Waals surface area contributed by atoms with E-state index in [0.717, 1.165) is 37.6 Å². The SMILES string of the molecule is CCCS(=O)(=O)NCc1cccnc1N1CCN(c2ccccc2C)CC1. The highest BCUT2D eigenvalue weighted by atomic mass is 32.2. The predicted octanol–water partition coefficient (Wildman–Crippen LogP) is 2.55. The van der Waals surface area contributed by atoms with Crippen LogP contribution in [0.4, 0.5) is 11.5 Å². The summed E-state index contributed by atoms with van der Waals surface area (Å²) < 4.78 is 26.6. The number of sulfonamides is 1. The highest BCUT2D eigenvalue weighted by molar-refractivity contribution is 7.89. The van der Waals surface area contributed by atoms with Crippen LogP contribution in [0.1, 0.15) is 24.5 Å². The van der Waals surface area contributed by atoms with Crippen LogP contribution in [0.2, 0.25) is 0 Å². The van der Waals surface area contributed by atoms with Gasteiger partial charge in [-0.15, -0.1) is 0 Å². The van der Waals surface area contributed by atoms with Crippen LogP contribution in [0, 0.1) is 6.92 Å². The second-order valence-electron chi connectivity index (χ2n) is 6.89. The van der Waals surface area contributed by atoms with E-state index in [9.17, 15) is 8.42 Å². The number of piperazine rings is 1. The molecule has 1 aliphatic rings.